The summed E-state index contributed by atoms with van der Waals surface area (Å²) in [5.74, 6) is 0.0346. The predicted octanol–water partition coefficient (Wildman–Crippen LogP) is 2.22. The van der Waals surface area contributed by atoms with Gasteiger partial charge in [-0.3, -0.25) is 0 Å². The van der Waals surface area contributed by atoms with Gasteiger partial charge in [0.1, 0.15) is 5.82 Å². The van der Waals surface area contributed by atoms with Crippen LogP contribution in [0.2, 0.25) is 0 Å². The number of aryl methyl sites for hydroxylation is 1. The highest BCUT2D eigenvalue weighted by Crippen LogP contribution is 2.19. The Morgan fingerprint density at radius 3 is 2.25 bits per heavy atom. The Bertz CT molecular complexity index is 269. The van der Waals surface area contributed by atoms with E-state index in [1.165, 1.54) is 6.07 Å². The fraction of sp³-hybridized carbons (Fsp3) is 0.556. The van der Waals surface area contributed by atoms with Crippen LogP contribution in [-0.2, 0) is 5.41 Å². The van der Waals surface area contributed by atoms with Gasteiger partial charge in [0, 0.05) is 11.5 Å². The quantitative estimate of drug-likeness (QED) is 0.555. The van der Waals surface area contributed by atoms with Crippen LogP contribution in [0.5, 0.6) is 0 Å². The molecule has 0 aliphatic carbocycles. The van der Waals surface area contributed by atoms with Crippen molar-refractivity contribution in [2.24, 2.45) is 0 Å². The maximum Gasteiger partial charge on any atom is 0.216 e. The van der Waals surface area contributed by atoms with E-state index in [4.69, 9.17) is 0 Å². The van der Waals surface area contributed by atoms with Crippen molar-refractivity contribution in [3.8, 4) is 0 Å². The molecule has 0 aromatic carbocycles. The second-order valence-corrected chi connectivity index (χ2v) is 3.87. The topological polar surface area (TPSA) is 25.8 Å². The van der Waals surface area contributed by atoms with Crippen LogP contribution < -0.4 is 0 Å². The SMILES string of the molecule is Cc1nc(F)cc(C(C)(C)C)n1. The summed E-state index contributed by atoms with van der Waals surface area (Å²) in [5.41, 5.74) is 0.627. The molecule has 0 aliphatic rings. The summed E-state index contributed by atoms with van der Waals surface area (Å²) in [6.45, 7) is 7.68. The van der Waals surface area contributed by atoms with Crippen molar-refractivity contribution >= 4 is 0 Å². The van der Waals surface area contributed by atoms with Gasteiger partial charge >= 0.3 is 0 Å². The predicted molar refractivity (Wildman–Crippen MR) is 45.4 cm³/mol. The second-order valence-electron chi connectivity index (χ2n) is 3.87. The second kappa shape index (κ2) is 2.81. The first-order chi connectivity index (χ1) is 5.39. The summed E-state index contributed by atoms with van der Waals surface area (Å²) in [4.78, 5) is 7.72. The Hall–Kier alpha value is -0.990. The Balaban J connectivity index is 3.18. The number of hydrogen-bond donors (Lipinski definition) is 0. The van der Waals surface area contributed by atoms with Crippen LogP contribution in [0.15, 0.2) is 6.07 Å². The van der Waals surface area contributed by atoms with Gasteiger partial charge in [0.15, 0.2) is 0 Å². The van der Waals surface area contributed by atoms with Crippen molar-refractivity contribution in [2.45, 2.75) is 33.1 Å². The number of nitrogens with zero attached hydrogens (tertiary/aromatic N) is 2. The first kappa shape index (κ1) is 9.10. The monoisotopic (exact) mass is 168 g/mol. The van der Waals surface area contributed by atoms with E-state index >= 15 is 0 Å². The lowest BCUT2D eigenvalue weighted by Crippen LogP contribution is -2.15. The number of halogens is 1. The van der Waals surface area contributed by atoms with Crippen LogP contribution in [0, 0.1) is 12.9 Å². The molecule has 0 radical (unpaired) electrons. The lowest BCUT2D eigenvalue weighted by molar-refractivity contribution is 0.526. The molecule has 66 valence electrons. The average Bonchev–Trinajstić information content (AvgIpc) is 1.82. The molecule has 1 aromatic heterocycles. The molecule has 12 heavy (non-hydrogen) atoms. The zero-order valence-electron chi connectivity index (χ0n) is 7.85. The molecule has 2 nitrogen and oxygen atoms in total. The lowest BCUT2D eigenvalue weighted by Gasteiger charge is -2.17. The number of aromatic nitrogens is 2. The van der Waals surface area contributed by atoms with Crippen molar-refractivity contribution in [3.05, 3.63) is 23.5 Å². The molecule has 1 aromatic rings. The summed E-state index contributed by atoms with van der Waals surface area (Å²) in [5, 5.41) is 0. The normalized spacial score (nSPS) is 11.8. The van der Waals surface area contributed by atoms with E-state index in [0.29, 0.717) is 5.82 Å². The van der Waals surface area contributed by atoms with Crippen molar-refractivity contribution in [2.75, 3.05) is 0 Å². The van der Waals surface area contributed by atoms with Gasteiger partial charge in [0.2, 0.25) is 5.95 Å². The third kappa shape index (κ3) is 2.00. The third-order valence-electron chi connectivity index (χ3n) is 1.58. The summed E-state index contributed by atoms with van der Waals surface area (Å²) >= 11 is 0. The molecule has 3 heteroatoms. The molecule has 1 rings (SSSR count). The minimum absolute atomic E-state index is 0.117. The lowest BCUT2D eigenvalue weighted by atomic mass is 9.92. The fourth-order valence-corrected chi connectivity index (χ4v) is 0.915. The highest BCUT2D eigenvalue weighted by molar-refractivity contribution is 5.12. The van der Waals surface area contributed by atoms with Crippen LogP contribution in [0.25, 0.3) is 0 Å². The molecule has 0 spiro atoms. The summed E-state index contributed by atoms with van der Waals surface area (Å²) in [6, 6.07) is 1.38. The zero-order chi connectivity index (χ0) is 9.35. The zero-order valence-corrected chi connectivity index (χ0v) is 7.85. The van der Waals surface area contributed by atoms with Crippen molar-refractivity contribution in [3.63, 3.8) is 0 Å². The molecule has 0 N–H and O–H groups in total. The van der Waals surface area contributed by atoms with Gasteiger partial charge in [0.25, 0.3) is 0 Å². The Morgan fingerprint density at radius 2 is 1.83 bits per heavy atom. The molecule has 1 heterocycles. The van der Waals surface area contributed by atoms with Crippen LogP contribution in [-0.4, -0.2) is 9.97 Å². The molecular formula is C9H13FN2. The molecule has 0 saturated heterocycles. The standard InChI is InChI=1S/C9H13FN2/c1-6-11-7(9(2,3)4)5-8(10)12-6/h5H,1-4H3. The van der Waals surface area contributed by atoms with Gasteiger partial charge < -0.3 is 0 Å². The first-order valence-corrected chi connectivity index (χ1v) is 3.91. The molecule has 0 fully saturated rings. The molecule has 0 amide bonds. The van der Waals surface area contributed by atoms with E-state index < -0.39 is 5.95 Å². The maximum atomic E-state index is 12.8. The number of hydrogen-bond acceptors (Lipinski definition) is 2. The van der Waals surface area contributed by atoms with E-state index in [1.807, 2.05) is 20.8 Å². The maximum absolute atomic E-state index is 12.8. The summed E-state index contributed by atoms with van der Waals surface area (Å²) in [6.07, 6.45) is 0. The smallest absolute Gasteiger partial charge is 0.216 e. The molecule has 0 bridgehead atoms. The van der Waals surface area contributed by atoms with E-state index in [-0.39, 0.29) is 5.41 Å². The van der Waals surface area contributed by atoms with E-state index in [9.17, 15) is 4.39 Å². The van der Waals surface area contributed by atoms with E-state index in [2.05, 4.69) is 9.97 Å². The van der Waals surface area contributed by atoms with Gasteiger partial charge in [-0.05, 0) is 6.92 Å². The van der Waals surface area contributed by atoms with Crippen molar-refractivity contribution < 1.29 is 4.39 Å². The largest absolute Gasteiger partial charge is 0.237 e. The third-order valence-corrected chi connectivity index (χ3v) is 1.58. The summed E-state index contributed by atoms with van der Waals surface area (Å²) < 4.78 is 12.8. The summed E-state index contributed by atoms with van der Waals surface area (Å²) in [7, 11) is 0. The van der Waals surface area contributed by atoms with Gasteiger partial charge in [-0.15, -0.1) is 0 Å². The van der Waals surface area contributed by atoms with E-state index in [0.717, 1.165) is 5.69 Å². The highest BCUT2D eigenvalue weighted by atomic mass is 19.1. The minimum Gasteiger partial charge on any atom is -0.237 e. The van der Waals surface area contributed by atoms with Crippen LogP contribution in [0.3, 0.4) is 0 Å². The highest BCUT2D eigenvalue weighted by Gasteiger charge is 2.16. The average molecular weight is 168 g/mol. The fourth-order valence-electron chi connectivity index (χ4n) is 0.915. The Kier molecular flexibility index (Phi) is 2.13. The molecule has 0 atom stereocenters. The molecule has 0 saturated carbocycles. The van der Waals surface area contributed by atoms with Gasteiger partial charge in [-0.2, -0.15) is 4.39 Å². The Morgan fingerprint density at radius 1 is 1.25 bits per heavy atom. The number of rotatable bonds is 0. The minimum atomic E-state index is -0.451. The van der Waals surface area contributed by atoms with Gasteiger partial charge in [-0.25, -0.2) is 9.97 Å². The van der Waals surface area contributed by atoms with Crippen LogP contribution in [0.1, 0.15) is 32.3 Å². The van der Waals surface area contributed by atoms with Crippen LogP contribution >= 0.6 is 0 Å². The Labute approximate surface area is 71.9 Å². The van der Waals surface area contributed by atoms with Crippen molar-refractivity contribution in [1.29, 1.82) is 0 Å². The molecule has 0 aliphatic heterocycles. The first-order valence-electron chi connectivity index (χ1n) is 3.91. The van der Waals surface area contributed by atoms with Gasteiger partial charge in [0.05, 0.1) is 5.69 Å². The van der Waals surface area contributed by atoms with Crippen LogP contribution in [0.4, 0.5) is 4.39 Å². The van der Waals surface area contributed by atoms with E-state index in [1.54, 1.807) is 6.92 Å². The molecule has 0 unspecified atom stereocenters. The van der Waals surface area contributed by atoms with Crippen molar-refractivity contribution in [1.82, 2.24) is 9.97 Å². The molecular weight excluding hydrogens is 155 g/mol. The van der Waals surface area contributed by atoms with Gasteiger partial charge in [-0.1, -0.05) is 20.8 Å².